The van der Waals surface area contributed by atoms with Crippen LogP contribution in [0.5, 0.6) is 5.75 Å². The molecule has 106 valence electrons. The summed E-state index contributed by atoms with van der Waals surface area (Å²) in [7, 11) is 1.76. The zero-order chi connectivity index (χ0) is 14.6. The Morgan fingerprint density at radius 1 is 1.37 bits per heavy atom. The molecule has 0 heterocycles. The average molecular weight is 265 g/mol. The first-order valence-corrected chi connectivity index (χ1v) is 6.50. The second-order valence-electron chi connectivity index (χ2n) is 5.09. The van der Waals surface area contributed by atoms with E-state index < -0.39 is 6.10 Å². The van der Waals surface area contributed by atoms with Crippen molar-refractivity contribution in [2.75, 3.05) is 13.7 Å². The number of carbonyl (C=O) groups excluding carboxylic acids is 1. The number of hydrogen-bond acceptors (Lipinski definition) is 3. The van der Waals surface area contributed by atoms with Gasteiger partial charge in [-0.3, -0.25) is 4.79 Å². The van der Waals surface area contributed by atoms with Crippen LogP contribution >= 0.6 is 0 Å². The summed E-state index contributed by atoms with van der Waals surface area (Å²) in [5.74, 6) is 0.629. The quantitative estimate of drug-likeness (QED) is 0.888. The number of benzene rings is 1. The fraction of sp³-hybridized carbons (Fsp3) is 0.533. The molecule has 1 N–H and O–H groups in total. The van der Waals surface area contributed by atoms with Crippen LogP contribution in [0.4, 0.5) is 0 Å². The van der Waals surface area contributed by atoms with E-state index >= 15 is 0 Å². The first-order valence-electron chi connectivity index (χ1n) is 6.50. The smallest absolute Gasteiger partial charge is 0.260 e. The normalized spacial score (nSPS) is 12.4. The Morgan fingerprint density at radius 3 is 2.47 bits per heavy atom. The van der Waals surface area contributed by atoms with Gasteiger partial charge in [-0.15, -0.1) is 0 Å². The van der Waals surface area contributed by atoms with E-state index in [0.717, 1.165) is 11.1 Å². The second-order valence-corrected chi connectivity index (χ2v) is 5.09. The number of aliphatic hydroxyl groups excluding tert-OH is 1. The largest absolute Gasteiger partial charge is 0.484 e. The fourth-order valence-corrected chi connectivity index (χ4v) is 1.62. The Balaban J connectivity index is 2.66. The predicted octanol–water partition coefficient (Wildman–Crippen LogP) is 2.29. The highest BCUT2D eigenvalue weighted by Crippen LogP contribution is 2.22. The van der Waals surface area contributed by atoms with Gasteiger partial charge in [0.25, 0.3) is 5.91 Å². The van der Waals surface area contributed by atoms with Crippen molar-refractivity contribution in [1.29, 1.82) is 0 Å². The van der Waals surface area contributed by atoms with E-state index in [1.165, 1.54) is 0 Å². The van der Waals surface area contributed by atoms with Crippen LogP contribution in [-0.2, 0) is 4.79 Å². The van der Waals surface area contributed by atoms with Crippen molar-refractivity contribution in [3.05, 3.63) is 29.3 Å². The van der Waals surface area contributed by atoms with E-state index in [-0.39, 0.29) is 18.6 Å². The highest BCUT2D eigenvalue weighted by Gasteiger charge is 2.13. The molecule has 1 amide bonds. The minimum absolute atomic E-state index is 0.0313. The molecule has 0 aromatic heterocycles. The van der Waals surface area contributed by atoms with Crippen molar-refractivity contribution in [2.24, 2.45) is 0 Å². The van der Waals surface area contributed by atoms with Gasteiger partial charge in [0.05, 0.1) is 6.10 Å². The molecule has 0 fully saturated rings. The standard InChI is InChI=1S/C15H23NO3/c1-10(2)16(5)15(18)9-19-14-7-6-13(12(4)17)8-11(14)3/h6-8,10,12,17H,9H2,1-5H3/t12-/m1/s1. The number of hydrogen-bond donors (Lipinski definition) is 1. The van der Waals surface area contributed by atoms with E-state index in [0.29, 0.717) is 5.75 Å². The molecule has 1 aromatic rings. The first kappa shape index (κ1) is 15.5. The average Bonchev–Trinajstić information content (AvgIpc) is 2.35. The summed E-state index contributed by atoms with van der Waals surface area (Å²) in [5, 5.41) is 9.49. The summed E-state index contributed by atoms with van der Waals surface area (Å²) in [5.41, 5.74) is 1.76. The van der Waals surface area contributed by atoms with Gasteiger partial charge in [0, 0.05) is 13.1 Å². The zero-order valence-electron chi connectivity index (χ0n) is 12.3. The van der Waals surface area contributed by atoms with Crippen molar-refractivity contribution in [3.8, 4) is 5.75 Å². The lowest BCUT2D eigenvalue weighted by atomic mass is 10.1. The number of aliphatic hydroxyl groups is 1. The van der Waals surface area contributed by atoms with E-state index in [1.807, 2.05) is 32.9 Å². The number of aryl methyl sites for hydroxylation is 1. The van der Waals surface area contributed by atoms with Crippen LogP contribution in [0.1, 0.15) is 38.0 Å². The summed E-state index contributed by atoms with van der Waals surface area (Å²) in [6, 6.07) is 5.63. The molecular formula is C15H23NO3. The summed E-state index contributed by atoms with van der Waals surface area (Å²) >= 11 is 0. The molecule has 19 heavy (non-hydrogen) atoms. The van der Waals surface area contributed by atoms with Gasteiger partial charge >= 0.3 is 0 Å². The fourth-order valence-electron chi connectivity index (χ4n) is 1.62. The van der Waals surface area contributed by atoms with Gasteiger partial charge in [-0.25, -0.2) is 0 Å². The molecule has 0 radical (unpaired) electrons. The van der Waals surface area contributed by atoms with E-state index in [1.54, 1.807) is 24.9 Å². The maximum atomic E-state index is 11.8. The molecule has 0 unspecified atom stereocenters. The molecule has 0 aliphatic rings. The van der Waals surface area contributed by atoms with Crippen molar-refractivity contribution in [3.63, 3.8) is 0 Å². The van der Waals surface area contributed by atoms with Gasteiger partial charge in [-0.2, -0.15) is 0 Å². The summed E-state index contributed by atoms with van der Waals surface area (Å²) < 4.78 is 5.53. The Labute approximate surface area is 115 Å². The lowest BCUT2D eigenvalue weighted by Crippen LogP contribution is -2.36. The van der Waals surface area contributed by atoms with Crippen molar-refractivity contribution >= 4 is 5.91 Å². The predicted molar refractivity (Wildman–Crippen MR) is 75.2 cm³/mol. The molecule has 0 saturated carbocycles. The third-order valence-electron chi connectivity index (χ3n) is 3.20. The number of likely N-dealkylation sites (N-methyl/N-ethyl adjacent to an activating group) is 1. The van der Waals surface area contributed by atoms with Crippen LogP contribution in [0.25, 0.3) is 0 Å². The van der Waals surface area contributed by atoms with Gasteiger partial charge in [-0.1, -0.05) is 6.07 Å². The second kappa shape index (κ2) is 6.57. The Bertz CT molecular complexity index is 441. The molecule has 1 rings (SSSR count). The molecule has 0 saturated heterocycles. The van der Waals surface area contributed by atoms with Crippen molar-refractivity contribution < 1.29 is 14.6 Å². The van der Waals surface area contributed by atoms with Gasteiger partial charge < -0.3 is 14.7 Å². The molecular weight excluding hydrogens is 242 g/mol. The molecule has 4 nitrogen and oxygen atoms in total. The maximum Gasteiger partial charge on any atom is 0.260 e. The Morgan fingerprint density at radius 2 is 2.00 bits per heavy atom. The van der Waals surface area contributed by atoms with Crippen molar-refractivity contribution in [2.45, 2.75) is 39.8 Å². The Hall–Kier alpha value is -1.55. The first-order chi connectivity index (χ1) is 8.82. The van der Waals surface area contributed by atoms with Crippen LogP contribution in [0.3, 0.4) is 0 Å². The number of amides is 1. The molecule has 0 aliphatic carbocycles. The van der Waals surface area contributed by atoms with Crippen LogP contribution in [0.15, 0.2) is 18.2 Å². The third-order valence-corrected chi connectivity index (χ3v) is 3.20. The van der Waals surface area contributed by atoms with Crippen molar-refractivity contribution in [1.82, 2.24) is 4.90 Å². The van der Waals surface area contributed by atoms with Crippen LogP contribution in [0, 0.1) is 6.92 Å². The van der Waals surface area contributed by atoms with Gasteiger partial charge in [0.15, 0.2) is 6.61 Å². The molecule has 0 spiro atoms. The highest BCUT2D eigenvalue weighted by molar-refractivity contribution is 5.77. The maximum absolute atomic E-state index is 11.8. The molecule has 4 heteroatoms. The van der Waals surface area contributed by atoms with Crippen LogP contribution in [0.2, 0.25) is 0 Å². The van der Waals surface area contributed by atoms with Crippen LogP contribution in [-0.4, -0.2) is 35.6 Å². The van der Waals surface area contributed by atoms with E-state index in [9.17, 15) is 9.90 Å². The molecule has 1 atom stereocenters. The monoisotopic (exact) mass is 265 g/mol. The minimum atomic E-state index is -0.499. The molecule has 0 aliphatic heterocycles. The lowest BCUT2D eigenvalue weighted by Gasteiger charge is -2.21. The summed E-state index contributed by atoms with van der Waals surface area (Å²) in [6.45, 7) is 7.57. The van der Waals surface area contributed by atoms with Gasteiger partial charge in [0.2, 0.25) is 0 Å². The summed E-state index contributed by atoms with van der Waals surface area (Å²) in [4.78, 5) is 13.5. The third kappa shape index (κ3) is 4.24. The molecule has 1 aromatic carbocycles. The zero-order valence-corrected chi connectivity index (χ0v) is 12.3. The van der Waals surface area contributed by atoms with Gasteiger partial charge in [0.1, 0.15) is 5.75 Å². The number of nitrogens with zero attached hydrogens (tertiary/aromatic N) is 1. The van der Waals surface area contributed by atoms with Crippen LogP contribution < -0.4 is 4.74 Å². The number of rotatable bonds is 5. The number of ether oxygens (including phenoxy) is 1. The molecule has 0 bridgehead atoms. The topological polar surface area (TPSA) is 49.8 Å². The van der Waals surface area contributed by atoms with E-state index in [4.69, 9.17) is 4.74 Å². The SMILES string of the molecule is Cc1cc([C@@H](C)O)ccc1OCC(=O)N(C)C(C)C. The van der Waals surface area contributed by atoms with E-state index in [2.05, 4.69) is 0 Å². The lowest BCUT2D eigenvalue weighted by molar-refractivity contribution is -0.133. The summed E-state index contributed by atoms with van der Waals surface area (Å²) in [6.07, 6.45) is -0.499. The van der Waals surface area contributed by atoms with Gasteiger partial charge in [-0.05, 0) is 51.0 Å². The Kier molecular flexibility index (Phi) is 5.36. The number of carbonyl (C=O) groups is 1. The highest BCUT2D eigenvalue weighted by atomic mass is 16.5. The minimum Gasteiger partial charge on any atom is -0.484 e.